The minimum absolute atomic E-state index is 0.0255. The van der Waals surface area contributed by atoms with Gasteiger partial charge in [-0.3, -0.25) is 14.5 Å². The lowest BCUT2D eigenvalue weighted by atomic mass is 10.2. The van der Waals surface area contributed by atoms with Gasteiger partial charge in [0.2, 0.25) is 5.91 Å². The van der Waals surface area contributed by atoms with Crippen molar-refractivity contribution in [3.63, 3.8) is 0 Å². The van der Waals surface area contributed by atoms with E-state index in [1.165, 1.54) is 23.2 Å². The van der Waals surface area contributed by atoms with Gasteiger partial charge < -0.3 is 34.4 Å². The second-order valence-electron chi connectivity index (χ2n) is 8.28. The second-order valence-corrected chi connectivity index (χ2v) is 8.28. The Kier molecular flexibility index (Phi) is 10.4. The van der Waals surface area contributed by atoms with Crippen molar-refractivity contribution in [2.75, 3.05) is 69.3 Å². The molecule has 1 aromatic heterocycles. The van der Waals surface area contributed by atoms with Crippen LogP contribution < -0.4 is 20.4 Å². The molecule has 14 heteroatoms. The fourth-order valence-corrected chi connectivity index (χ4v) is 3.88. The van der Waals surface area contributed by atoms with Crippen LogP contribution in [0, 0.1) is 5.82 Å². The van der Waals surface area contributed by atoms with E-state index in [2.05, 4.69) is 20.3 Å². The van der Waals surface area contributed by atoms with Crippen LogP contribution >= 0.6 is 0 Å². The molecule has 1 unspecified atom stereocenters. The quantitative estimate of drug-likeness (QED) is 0.475. The molecule has 2 N–H and O–H groups in total. The van der Waals surface area contributed by atoms with E-state index >= 15 is 0 Å². The number of alkyl carbamates (subject to hydrolysis) is 1. The number of aldehydes is 1. The molecule has 206 valence electrons. The van der Waals surface area contributed by atoms with E-state index in [1.807, 2.05) is 4.90 Å². The Morgan fingerprint density at radius 2 is 2.00 bits per heavy atom. The highest BCUT2D eigenvalue weighted by molar-refractivity contribution is 5.90. The fourth-order valence-electron chi connectivity index (χ4n) is 3.88. The normalized spacial score (nSPS) is 16.9. The molecule has 1 atom stereocenters. The van der Waals surface area contributed by atoms with Crippen molar-refractivity contribution < 1.29 is 37.6 Å². The number of cyclic esters (lactones) is 1. The zero-order valence-electron chi connectivity index (χ0n) is 21.2. The minimum Gasteiger partial charge on any atom is -0.450 e. The van der Waals surface area contributed by atoms with Gasteiger partial charge in [-0.2, -0.15) is 0 Å². The monoisotopic (exact) mass is 534 g/mol. The third kappa shape index (κ3) is 7.65. The van der Waals surface area contributed by atoms with Crippen LogP contribution in [0.15, 0.2) is 35.0 Å². The van der Waals surface area contributed by atoms with Crippen molar-refractivity contribution in [1.82, 2.24) is 20.7 Å². The molecule has 2 aliphatic heterocycles. The van der Waals surface area contributed by atoms with Crippen LogP contribution in [0.5, 0.6) is 0 Å². The summed E-state index contributed by atoms with van der Waals surface area (Å²) in [6.45, 7) is 4.62. The molecule has 2 aromatic rings. The summed E-state index contributed by atoms with van der Waals surface area (Å²) < 4.78 is 29.2. The van der Waals surface area contributed by atoms with Crippen molar-refractivity contribution in [3.05, 3.63) is 42.0 Å². The molecule has 4 rings (SSSR count). The van der Waals surface area contributed by atoms with Gasteiger partial charge in [0.15, 0.2) is 12.0 Å². The van der Waals surface area contributed by atoms with Crippen molar-refractivity contribution in [2.24, 2.45) is 0 Å². The second kappa shape index (κ2) is 13.9. The number of likely N-dealkylation sites (N-methyl/N-ethyl adjacent to an activating group) is 1. The summed E-state index contributed by atoms with van der Waals surface area (Å²) >= 11 is 0. The van der Waals surface area contributed by atoms with Gasteiger partial charge in [0.1, 0.15) is 11.9 Å². The maximum atomic E-state index is 14.8. The van der Waals surface area contributed by atoms with E-state index < -0.39 is 24.1 Å². The number of amides is 3. The summed E-state index contributed by atoms with van der Waals surface area (Å²) in [7, 11) is 1.72. The third-order valence-corrected chi connectivity index (χ3v) is 5.74. The number of hydrogen-bond donors (Lipinski definition) is 2. The number of hydrogen-bond acceptors (Lipinski definition) is 10. The number of aromatic nitrogens is 1. The summed E-state index contributed by atoms with van der Waals surface area (Å²) in [5.74, 6) is -0.161. The van der Waals surface area contributed by atoms with Gasteiger partial charge in [0, 0.05) is 32.2 Å². The summed E-state index contributed by atoms with van der Waals surface area (Å²) in [6, 6.07) is 6.09. The summed E-state index contributed by atoms with van der Waals surface area (Å²) in [6.07, 6.45) is 0.291. The van der Waals surface area contributed by atoms with E-state index in [1.54, 1.807) is 31.0 Å². The molecule has 3 amide bonds. The van der Waals surface area contributed by atoms with Crippen LogP contribution in [-0.4, -0.2) is 100 Å². The lowest BCUT2D eigenvalue weighted by molar-refractivity contribution is -0.130. The number of ether oxygens (including phenoxy) is 2. The lowest BCUT2D eigenvalue weighted by Gasteiger charge is -2.36. The predicted octanol–water partition coefficient (Wildman–Crippen LogP) is 1.25. The van der Waals surface area contributed by atoms with E-state index in [0.29, 0.717) is 43.8 Å². The average molecular weight is 535 g/mol. The van der Waals surface area contributed by atoms with Crippen molar-refractivity contribution >= 4 is 35.8 Å². The summed E-state index contributed by atoms with van der Waals surface area (Å²) in [4.78, 5) is 50.3. The van der Waals surface area contributed by atoms with Crippen molar-refractivity contribution in [2.45, 2.75) is 13.0 Å². The number of piperazine rings is 1. The number of halogens is 1. The highest BCUT2D eigenvalue weighted by Crippen LogP contribution is 2.28. The Bertz CT molecular complexity index is 1090. The molecular formula is C24H31FN6O7. The van der Waals surface area contributed by atoms with Crippen LogP contribution in [0.25, 0.3) is 0 Å². The Labute approximate surface area is 218 Å². The first kappa shape index (κ1) is 28.4. The molecule has 0 spiro atoms. The number of carbonyl (C=O) groups is 4. The topological polar surface area (TPSA) is 147 Å². The van der Waals surface area contributed by atoms with Crippen LogP contribution in [0.4, 0.5) is 25.4 Å². The molecule has 2 fully saturated rings. The molecule has 0 radical (unpaired) electrons. The van der Waals surface area contributed by atoms with E-state index in [-0.39, 0.29) is 37.9 Å². The first-order chi connectivity index (χ1) is 18.4. The predicted molar refractivity (Wildman–Crippen MR) is 134 cm³/mol. The van der Waals surface area contributed by atoms with Gasteiger partial charge in [0.05, 0.1) is 43.8 Å². The van der Waals surface area contributed by atoms with Crippen LogP contribution in [-0.2, 0) is 14.3 Å². The van der Waals surface area contributed by atoms with Gasteiger partial charge >= 0.3 is 12.2 Å². The molecule has 38 heavy (non-hydrogen) atoms. The first-order valence-electron chi connectivity index (χ1n) is 12.1. The number of anilines is 2. The molecular weight excluding hydrogens is 503 g/mol. The molecule has 0 saturated carbocycles. The third-order valence-electron chi connectivity index (χ3n) is 5.74. The molecule has 0 aliphatic carbocycles. The standard InChI is InChI=1S/C20H28FN5O5.C4H3NO2/c1-3-30-19(28)23-11-15-13-26(20(29)31-15)14-4-5-17(16(21)10-14)24-6-8-25(9-7-24)18(27)12-22-2;6-3-4-1-2-5-7-4/h4-5,10,15,22H,3,6-9,11-13H2,1-2H3,(H,23,28);1-3H. The van der Waals surface area contributed by atoms with Crippen molar-refractivity contribution in [3.8, 4) is 0 Å². The number of benzene rings is 1. The molecule has 0 bridgehead atoms. The Balaban J connectivity index is 0.000000494. The Morgan fingerprint density at radius 3 is 2.58 bits per heavy atom. The maximum Gasteiger partial charge on any atom is 0.414 e. The van der Waals surface area contributed by atoms with E-state index in [4.69, 9.17) is 9.47 Å². The largest absolute Gasteiger partial charge is 0.450 e. The summed E-state index contributed by atoms with van der Waals surface area (Å²) in [5.41, 5.74) is 0.810. The van der Waals surface area contributed by atoms with Gasteiger partial charge in [0.25, 0.3) is 0 Å². The number of nitrogens with one attached hydrogen (secondary N) is 2. The molecule has 3 heterocycles. The van der Waals surface area contributed by atoms with Crippen LogP contribution in [0.3, 0.4) is 0 Å². The minimum atomic E-state index is -0.598. The van der Waals surface area contributed by atoms with E-state index in [9.17, 15) is 23.6 Å². The average Bonchev–Trinajstić information content (AvgIpc) is 3.58. The number of carbonyl (C=O) groups excluding carboxylic acids is 4. The maximum absolute atomic E-state index is 14.8. The fraction of sp³-hybridized carbons (Fsp3) is 0.458. The van der Waals surface area contributed by atoms with Crippen LogP contribution in [0.2, 0.25) is 0 Å². The molecule has 2 aliphatic rings. The lowest BCUT2D eigenvalue weighted by Crippen LogP contribution is -2.50. The highest BCUT2D eigenvalue weighted by atomic mass is 19.1. The van der Waals surface area contributed by atoms with Gasteiger partial charge in [-0.25, -0.2) is 14.0 Å². The highest BCUT2D eigenvalue weighted by Gasteiger charge is 2.33. The van der Waals surface area contributed by atoms with Gasteiger partial charge in [-0.15, -0.1) is 0 Å². The smallest absolute Gasteiger partial charge is 0.414 e. The van der Waals surface area contributed by atoms with Crippen molar-refractivity contribution in [1.29, 1.82) is 0 Å². The Hall–Kier alpha value is -4.20. The van der Waals surface area contributed by atoms with Gasteiger partial charge in [-0.05, 0) is 32.2 Å². The number of rotatable bonds is 8. The number of nitrogens with zero attached hydrogens (tertiary/aromatic N) is 4. The van der Waals surface area contributed by atoms with Crippen LogP contribution in [0.1, 0.15) is 17.5 Å². The SMILES string of the molecule is CCOC(=O)NCC1CN(c2ccc(N3CCN(C(=O)CNC)CC3)c(F)c2)C(=O)O1.O=Cc1ccno1. The Morgan fingerprint density at radius 1 is 1.24 bits per heavy atom. The zero-order chi connectivity index (χ0) is 27.5. The molecule has 13 nitrogen and oxygen atoms in total. The van der Waals surface area contributed by atoms with Gasteiger partial charge in [-0.1, -0.05) is 5.16 Å². The van der Waals surface area contributed by atoms with E-state index in [0.717, 1.165) is 0 Å². The molecule has 2 saturated heterocycles. The molecule has 1 aromatic carbocycles. The summed E-state index contributed by atoms with van der Waals surface area (Å²) in [5, 5.41) is 8.65. The first-order valence-corrected chi connectivity index (χ1v) is 12.1. The zero-order valence-corrected chi connectivity index (χ0v) is 21.2.